The average Bonchev–Trinajstić information content (AvgIpc) is 2.89. The highest BCUT2D eigenvalue weighted by Crippen LogP contribution is 2.26. The fourth-order valence-electron chi connectivity index (χ4n) is 4.40. The molecule has 0 bridgehead atoms. The highest BCUT2D eigenvalue weighted by atomic mass is 35.5. The minimum absolute atomic E-state index is 0.0993. The molecular formula is C29H29ClFN3O2. The predicted octanol–water partition coefficient (Wildman–Crippen LogP) is 6.74. The Morgan fingerprint density at radius 3 is 2.47 bits per heavy atom. The summed E-state index contributed by atoms with van der Waals surface area (Å²) in [5.41, 5.74) is 2.37. The Labute approximate surface area is 215 Å². The van der Waals surface area contributed by atoms with Gasteiger partial charge in [0.2, 0.25) is 0 Å². The van der Waals surface area contributed by atoms with Crippen molar-refractivity contribution in [3.05, 3.63) is 105 Å². The molecule has 0 fully saturated rings. The Morgan fingerprint density at radius 1 is 1.08 bits per heavy atom. The van der Waals surface area contributed by atoms with Crippen LogP contribution < -0.4 is 5.56 Å². The number of nitrogens with zero attached hydrogens (tertiary/aromatic N) is 3. The van der Waals surface area contributed by atoms with Crippen LogP contribution in [-0.2, 0) is 6.42 Å². The van der Waals surface area contributed by atoms with Gasteiger partial charge in [-0.15, -0.1) is 0 Å². The van der Waals surface area contributed by atoms with Gasteiger partial charge in [0.15, 0.2) is 0 Å². The minimum atomic E-state index is -0.579. The van der Waals surface area contributed by atoms with E-state index in [4.69, 9.17) is 16.6 Å². The number of para-hydroxylation sites is 1. The summed E-state index contributed by atoms with van der Waals surface area (Å²) in [6, 6.07) is 18.3. The van der Waals surface area contributed by atoms with Crippen molar-refractivity contribution in [3.8, 4) is 5.69 Å². The second-order valence-corrected chi connectivity index (χ2v) is 9.20. The summed E-state index contributed by atoms with van der Waals surface area (Å²) in [6.07, 6.45) is 3.19. The van der Waals surface area contributed by atoms with E-state index < -0.39 is 11.9 Å². The number of benzene rings is 3. The van der Waals surface area contributed by atoms with E-state index in [1.165, 1.54) is 28.3 Å². The largest absolute Gasteiger partial charge is 0.329 e. The summed E-state index contributed by atoms with van der Waals surface area (Å²) >= 11 is 6.06. The van der Waals surface area contributed by atoms with Crippen molar-refractivity contribution >= 4 is 28.4 Å². The molecule has 0 aliphatic carbocycles. The maximum Gasteiger partial charge on any atom is 0.266 e. The van der Waals surface area contributed by atoms with Crippen LogP contribution in [0.2, 0.25) is 5.02 Å². The molecule has 1 atom stereocenters. The van der Waals surface area contributed by atoms with Crippen molar-refractivity contribution in [3.63, 3.8) is 0 Å². The number of hydrogen-bond acceptors (Lipinski definition) is 3. The molecule has 0 aliphatic rings. The lowest BCUT2D eigenvalue weighted by molar-refractivity contribution is 0.0693. The van der Waals surface area contributed by atoms with Gasteiger partial charge >= 0.3 is 0 Å². The lowest BCUT2D eigenvalue weighted by Crippen LogP contribution is -2.37. The molecule has 3 aromatic carbocycles. The van der Waals surface area contributed by atoms with Gasteiger partial charge in [-0.25, -0.2) is 9.37 Å². The van der Waals surface area contributed by atoms with Crippen molar-refractivity contribution in [1.82, 2.24) is 14.5 Å². The quantitative estimate of drug-likeness (QED) is 0.266. The third-order valence-corrected chi connectivity index (χ3v) is 6.72. The van der Waals surface area contributed by atoms with Gasteiger partial charge in [-0.1, -0.05) is 49.2 Å². The first-order chi connectivity index (χ1) is 17.3. The summed E-state index contributed by atoms with van der Waals surface area (Å²) < 4.78 is 15.3. The fraction of sp³-hybridized carbons (Fsp3) is 0.276. The number of hydrogen-bond donors (Lipinski definition) is 0. The predicted molar refractivity (Wildman–Crippen MR) is 142 cm³/mol. The minimum Gasteiger partial charge on any atom is -0.329 e. The highest BCUT2D eigenvalue weighted by molar-refractivity contribution is 6.30. The molecule has 1 unspecified atom stereocenters. The summed E-state index contributed by atoms with van der Waals surface area (Å²) in [6.45, 7) is 6.29. The van der Waals surface area contributed by atoms with Gasteiger partial charge < -0.3 is 4.90 Å². The summed E-state index contributed by atoms with van der Waals surface area (Å²) in [4.78, 5) is 33.6. The van der Waals surface area contributed by atoms with Crippen LogP contribution in [0.5, 0.6) is 0 Å². The van der Waals surface area contributed by atoms with E-state index >= 15 is 0 Å². The van der Waals surface area contributed by atoms with E-state index in [0.29, 0.717) is 34.5 Å². The fourth-order valence-corrected chi connectivity index (χ4v) is 4.57. The summed E-state index contributed by atoms with van der Waals surface area (Å²) in [7, 11) is 0. The number of halogens is 2. The molecule has 4 rings (SSSR count). The van der Waals surface area contributed by atoms with Crippen molar-refractivity contribution in [1.29, 1.82) is 0 Å². The van der Waals surface area contributed by atoms with E-state index in [1.807, 2.05) is 44.2 Å². The third-order valence-electron chi connectivity index (χ3n) is 6.43. The van der Waals surface area contributed by atoms with E-state index in [-0.39, 0.29) is 16.5 Å². The Hall–Kier alpha value is -3.51. The average molecular weight is 506 g/mol. The number of aromatic nitrogens is 2. The van der Waals surface area contributed by atoms with Crippen LogP contribution in [0.15, 0.2) is 71.5 Å². The first-order valence-electron chi connectivity index (χ1n) is 12.2. The molecule has 0 aliphatic heterocycles. The monoisotopic (exact) mass is 505 g/mol. The van der Waals surface area contributed by atoms with Gasteiger partial charge in [0, 0.05) is 12.1 Å². The molecule has 1 amide bonds. The summed E-state index contributed by atoms with van der Waals surface area (Å²) in [5, 5.41) is 0.323. The molecule has 0 saturated heterocycles. The molecule has 0 spiro atoms. The second kappa shape index (κ2) is 11.0. The van der Waals surface area contributed by atoms with Gasteiger partial charge in [-0.3, -0.25) is 14.2 Å². The Morgan fingerprint density at radius 2 is 1.81 bits per heavy atom. The normalized spacial score (nSPS) is 12.0. The van der Waals surface area contributed by atoms with Crippen LogP contribution in [0, 0.1) is 5.82 Å². The lowest BCUT2D eigenvalue weighted by atomic mass is 10.1. The number of fused-ring (bicyclic) bond motifs is 1. The smallest absolute Gasteiger partial charge is 0.266 e. The molecule has 186 valence electrons. The van der Waals surface area contributed by atoms with Gasteiger partial charge in [-0.05, 0) is 74.7 Å². The van der Waals surface area contributed by atoms with Gasteiger partial charge in [0.05, 0.1) is 27.7 Å². The molecule has 0 N–H and O–H groups in total. The topological polar surface area (TPSA) is 55.2 Å². The van der Waals surface area contributed by atoms with Gasteiger partial charge in [0.25, 0.3) is 11.5 Å². The van der Waals surface area contributed by atoms with Gasteiger partial charge in [0.1, 0.15) is 11.6 Å². The Balaban J connectivity index is 1.80. The van der Waals surface area contributed by atoms with Crippen molar-refractivity contribution in [2.24, 2.45) is 0 Å². The van der Waals surface area contributed by atoms with Crippen LogP contribution in [0.3, 0.4) is 0 Å². The molecule has 4 aromatic rings. The number of amides is 1. The van der Waals surface area contributed by atoms with Crippen molar-refractivity contribution in [2.45, 2.75) is 46.1 Å². The molecule has 1 aromatic heterocycles. The second-order valence-electron chi connectivity index (χ2n) is 8.79. The number of unbranched alkanes of at least 4 members (excludes halogenated alkanes) is 1. The zero-order valence-corrected chi connectivity index (χ0v) is 21.4. The number of rotatable bonds is 8. The summed E-state index contributed by atoms with van der Waals surface area (Å²) in [5.74, 6) is -0.362. The first-order valence-corrected chi connectivity index (χ1v) is 12.6. The van der Waals surface area contributed by atoms with E-state index in [2.05, 4.69) is 6.92 Å². The first kappa shape index (κ1) is 25.6. The Bertz CT molecular complexity index is 1450. The molecule has 36 heavy (non-hydrogen) atoms. The molecule has 1 heterocycles. The molecular weight excluding hydrogens is 477 g/mol. The maximum atomic E-state index is 13.9. The molecule has 7 heteroatoms. The molecule has 0 radical (unpaired) electrons. The Kier molecular flexibility index (Phi) is 7.85. The van der Waals surface area contributed by atoms with Crippen LogP contribution in [0.25, 0.3) is 16.6 Å². The van der Waals surface area contributed by atoms with Crippen molar-refractivity contribution < 1.29 is 9.18 Å². The molecule has 5 nitrogen and oxygen atoms in total. The SMILES string of the molecule is CCCCc1ccc(C(=O)N(CC)C(C)c2nc3ccccc3c(=O)n2-c2ccc(F)c(Cl)c2)cc1. The lowest BCUT2D eigenvalue weighted by Gasteiger charge is -2.29. The highest BCUT2D eigenvalue weighted by Gasteiger charge is 2.27. The van der Waals surface area contributed by atoms with Gasteiger partial charge in [-0.2, -0.15) is 0 Å². The maximum absolute atomic E-state index is 13.9. The third kappa shape index (κ3) is 5.05. The van der Waals surface area contributed by atoms with Crippen LogP contribution in [0.1, 0.15) is 61.4 Å². The standard InChI is InChI=1S/C29H29ClFN3O2/c1-4-6-9-20-12-14-21(15-13-20)28(35)33(5-2)19(3)27-32-26-11-8-7-10-23(26)29(36)34(27)22-16-17-25(31)24(30)18-22/h7-8,10-19H,4-6,9H2,1-3H3. The van der Waals surface area contributed by atoms with Crippen LogP contribution in [-0.4, -0.2) is 26.9 Å². The number of aryl methyl sites for hydroxylation is 1. The van der Waals surface area contributed by atoms with Crippen LogP contribution >= 0.6 is 11.6 Å². The number of carbonyl (C=O) groups excluding carboxylic acids is 1. The zero-order valence-electron chi connectivity index (χ0n) is 20.7. The zero-order chi connectivity index (χ0) is 25.8. The van der Waals surface area contributed by atoms with Crippen LogP contribution in [0.4, 0.5) is 4.39 Å². The molecule has 0 saturated carbocycles. The van der Waals surface area contributed by atoms with E-state index in [1.54, 1.807) is 23.1 Å². The van der Waals surface area contributed by atoms with E-state index in [0.717, 1.165) is 19.3 Å². The van der Waals surface area contributed by atoms with E-state index in [9.17, 15) is 14.0 Å². The van der Waals surface area contributed by atoms with Crippen molar-refractivity contribution in [2.75, 3.05) is 6.54 Å². The number of carbonyl (C=O) groups is 1.